The number of anilines is 2. The lowest BCUT2D eigenvalue weighted by Gasteiger charge is -2.39. The largest absolute Gasteiger partial charge is 0.501 e. The Morgan fingerprint density at radius 2 is 1.64 bits per heavy atom. The molecule has 15 nitrogen and oxygen atoms in total. The topological polar surface area (TPSA) is 192 Å². The molecule has 2 aliphatic rings. The second-order valence-corrected chi connectivity index (χ2v) is 22.8. The van der Waals surface area contributed by atoms with Gasteiger partial charge >= 0.3 is 11.6 Å². The van der Waals surface area contributed by atoms with Crippen molar-refractivity contribution in [3.8, 4) is 11.5 Å². The number of pyridine rings is 1. The summed E-state index contributed by atoms with van der Waals surface area (Å²) >= 11 is 6.23. The van der Waals surface area contributed by atoms with E-state index in [9.17, 15) is 39.6 Å². The van der Waals surface area contributed by atoms with E-state index in [-0.39, 0.29) is 42.0 Å². The maximum Gasteiger partial charge on any atom is 0.501 e. The summed E-state index contributed by atoms with van der Waals surface area (Å²) in [4.78, 5) is 35.5. The van der Waals surface area contributed by atoms with Gasteiger partial charge in [-0.3, -0.25) is 9.69 Å². The molecule has 1 aliphatic heterocycles. The number of hydrogen-bond acceptors (Lipinski definition) is 12. The second-order valence-electron chi connectivity index (χ2n) is 18.8. The van der Waals surface area contributed by atoms with Gasteiger partial charge in [0.25, 0.3) is 25.8 Å². The molecule has 69 heavy (non-hydrogen) atoms. The molecule has 1 aliphatic carbocycles. The minimum atomic E-state index is -6.12. The monoisotopic (exact) mass is 1010 g/mol. The van der Waals surface area contributed by atoms with Gasteiger partial charge in [-0.25, -0.2) is 31.3 Å². The zero-order valence-electron chi connectivity index (χ0n) is 38.8. The summed E-state index contributed by atoms with van der Waals surface area (Å²) in [7, 11) is -11.1. The Labute approximate surface area is 404 Å². The average molecular weight is 1010 g/mol. The maximum absolute atomic E-state index is 14.0. The Morgan fingerprint density at radius 1 is 0.913 bits per heavy atom. The highest BCUT2D eigenvalue weighted by Gasteiger charge is 2.48. The number of alkyl halides is 3. The number of carbonyl (C=O) groups excluding carboxylic acids is 2. The number of ether oxygens (including phenoxy) is 2. The van der Waals surface area contributed by atoms with Crippen LogP contribution < -0.4 is 25.0 Å². The molecule has 2 amide bonds. The highest BCUT2D eigenvalue weighted by Crippen LogP contribution is 2.44. The molecule has 370 valence electrons. The van der Waals surface area contributed by atoms with Crippen molar-refractivity contribution in [2.75, 3.05) is 56.0 Å². The van der Waals surface area contributed by atoms with Crippen molar-refractivity contribution in [2.45, 2.75) is 81.2 Å². The molecular weight excluding hydrogens is 959 g/mol. The van der Waals surface area contributed by atoms with E-state index in [0.717, 1.165) is 51.0 Å². The molecule has 2 aromatic heterocycles. The Hall–Kier alpha value is -5.83. The normalized spacial score (nSPS) is 16.0. The molecule has 0 spiro atoms. The minimum Gasteiger partial charge on any atom is -0.455 e. The quantitative estimate of drug-likeness (QED) is 0.0728. The Bertz CT molecular complexity index is 2970. The molecular formula is C48H55ClF3N7O8S2. The van der Waals surface area contributed by atoms with Gasteiger partial charge in [0, 0.05) is 74.2 Å². The number of piperazine rings is 1. The van der Waals surface area contributed by atoms with E-state index in [0.29, 0.717) is 40.9 Å². The van der Waals surface area contributed by atoms with Crippen LogP contribution in [0.5, 0.6) is 11.5 Å². The number of fused-ring (bicyclic) bond motifs is 1. The minimum absolute atomic E-state index is 0.0207. The fourth-order valence-electron chi connectivity index (χ4n) is 8.19. The molecule has 1 saturated heterocycles. The van der Waals surface area contributed by atoms with Crippen molar-refractivity contribution < 1.29 is 49.1 Å². The van der Waals surface area contributed by atoms with E-state index >= 15 is 0 Å². The summed E-state index contributed by atoms with van der Waals surface area (Å²) in [6.45, 7) is 13.0. The number of amides is 2. The zero-order chi connectivity index (χ0) is 49.9. The summed E-state index contributed by atoms with van der Waals surface area (Å²) in [5.41, 5.74) is -1.98. The first kappa shape index (κ1) is 51.0. The predicted molar refractivity (Wildman–Crippen MR) is 259 cm³/mol. The smallest absolute Gasteiger partial charge is 0.455 e. The van der Waals surface area contributed by atoms with Gasteiger partial charge < -0.3 is 30.0 Å². The van der Waals surface area contributed by atoms with Crippen LogP contribution >= 0.6 is 11.6 Å². The number of carbonyl (C=O) groups is 2. The highest BCUT2D eigenvalue weighted by molar-refractivity contribution is 7.92. The van der Waals surface area contributed by atoms with Crippen LogP contribution in [0.25, 0.3) is 16.6 Å². The third-order valence-corrected chi connectivity index (χ3v) is 14.9. The fraction of sp³-hybridized carbons (Fsp3) is 0.396. The number of halogens is 4. The van der Waals surface area contributed by atoms with Crippen LogP contribution in [0, 0.1) is 5.41 Å². The van der Waals surface area contributed by atoms with Crippen molar-refractivity contribution >= 4 is 71.4 Å². The number of rotatable bonds is 15. The molecule has 0 unspecified atom stereocenters. The number of aromatic nitrogens is 2. The van der Waals surface area contributed by atoms with Crippen LogP contribution in [0.15, 0.2) is 101 Å². The van der Waals surface area contributed by atoms with Gasteiger partial charge in [0.2, 0.25) is 0 Å². The fourth-order valence-corrected chi connectivity index (χ4v) is 10.3. The van der Waals surface area contributed by atoms with Gasteiger partial charge in [0.1, 0.15) is 27.6 Å². The lowest BCUT2D eigenvalue weighted by molar-refractivity contribution is -0.0436. The second kappa shape index (κ2) is 20.3. The van der Waals surface area contributed by atoms with Crippen molar-refractivity contribution in [2.24, 2.45) is 5.41 Å². The van der Waals surface area contributed by atoms with Gasteiger partial charge in [-0.15, -0.1) is 0 Å². The first-order chi connectivity index (χ1) is 32.4. The number of hydrogen-bond donors (Lipinski definition) is 4. The van der Waals surface area contributed by atoms with E-state index in [4.69, 9.17) is 21.1 Å². The molecule has 1 fully saturated rings. The van der Waals surface area contributed by atoms with Crippen LogP contribution in [0.3, 0.4) is 0 Å². The predicted octanol–water partition coefficient (Wildman–Crippen LogP) is 9.53. The Balaban J connectivity index is 1.10. The SMILES string of the molecule is CC1(C)CCC(CN2CCN(c3ccc(C(=O)NS(=O)(=O)c4ccc(NCCCNC(=O)OC(C)(C)C)c(S(=O)(=O)C(F)(F)F)c4)c(Oc4cnc5[nH]ccc5c4)c3)CC2)=C(c2ccc(Cl)cc2)C1. The van der Waals surface area contributed by atoms with Crippen molar-refractivity contribution in [1.82, 2.24) is 24.9 Å². The third kappa shape index (κ3) is 12.7. The van der Waals surface area contributed by atoms with Crippen LogP contribution in [0.1, 0.15) is 76.2 Å². The first-order valence-corrected chi connectivity index (χ1v) is 25.6. The molecule has 3 aromatic carbocycles. The maximum atomic E-state index is 14.0. The van der Waals surface area contributed by atoms with Crippen molar-refractivity contribution in [3.05, 3.63) is 107 Å². The number of sulfone groups is 1. The van der Waals surface area contributed by atoms with Gasteiger partial charge in [-0.2, -0.15) is 13.2 Å². The van der Waals surface area contributed by atoms with E-state index in [1.807, 2.05) is 16.9 Å². The lowest BCUT2D eigenvalue weighted by Crippen LogP contribution is -2.47. The van der Waals surface area contributed by atoms with Gasteiger partial charge in [0.15, 0.2) is 0 Å². The summed E-state index contributed by atoms with van der Waals surface area (Å²) in [6.07, 6.45) is 5.55. The van der Waals surface area contributed by atoms with Crippen LogP contribution in [0.2, 0.25) is 5.02 Å². The van der Waals surface area contributed by atoms with Gasteiger partial charge in [-0.1, -0.05) is 43.2 Å². The molecule has 0 bridgehead atoms. The van der Waals surface area contributed by atoms with Crippen LogP contribution in [-0.2, 0) is 24.6 Å². The number of alkyl carbamates (subject to hydrolysis) is 1. The number of sulfonamides is 1. The number of nitrogens with one attached hydrogen (secondary N) is 4. The Kier molecular flexibility index (Phi) is 15.0. The molecule has 0 saturated carbocycles. The molecule has 21 heteroatoms. The molecule has 4 N–H and O–H groups in total. The summed E-state index contributed by atoms with van der Waals surface area (Å²) in [6, 6.07) is 18.2. The summed E-state index contributed by atoms with van der Waals surface area (Å²) in [5.74, 6) is -1.01. The zero-order valence-corrected chi connectivity index (χ0v) is 41.2. The van der Waals surface area contributed by atoms with Crippen LogP contribution in [0.4, 0.5) is 29.3 Å². The molecule has 0 radical (unpaired) electrons. The first-order valence-electron chi connectivity index (χ1n) is 22.3. The van der Waals surface area contributed by atoms with Crippen molar-refractivity contribution in [1.29, 1.82) is 0 Å². The lowest BCUT2D eigenvalue weighted by atomic mass is 9.72. The number of aromatic amines is 1. The van der Waals surface area contributed by atoms with Gasteiger partial charge in [-0.05, 0) is 118 Å². The van der Waals surface area contributed by atoms with E-state index in [2.05, 4.69) is 56.4 Å². The van der Waals surface area contributed by atoms with E-state index in [1.165, 1.54) is 29.0 Å². The average Bonchev–Trinajstić information content (AvgIpc) is 3.74. The number of benzene rings is 3. The van der Waals surface area contributed by atoms with E-state index < -0.39 is 58.4 Å². The van der Waals surface area contributed by atoms with Crippen LogP contribution in [-0.4, -0.2) is 101 Å². The van der Waals surface area contributed by atoms with Gasteiger partial charge in [0.05, 0.1) is 22.3 Å². The standard InChI is InChI=1S/C48H55ClF3N7O8S2/c1-46(2,3)67-45(61)55-19-6-18-53-40-14-12-37(27-42(40)68(62,63)48(50,51)52)69(64,65)57-44(60)38-13-11-35(26-41(38)66-36-25-32-16-20-54-43(32)56-29-36)59-23-21-58(22-24-59)30-33-15-17-47(4,5)28-39(33)31-7-9-34(49)10-8-31/h7-14,16,20,25-27,29,53H,6,15,17-19,21-24,28,30H2,1-5H3,(H,54,56)(H,55,61)(H,57,60). The third-order valence-electron chi connectivity index (χ3n) is 11.8. The van der Waals surface area contributed by atoms with Crippen molar-refractivity contribution in [3.63, 3.8) is 0 Å². The Morgan fingerprint density at radius 3 is 2.33 bits per heavy atom. The summed E-state index contributed by atoms with van der Waals surface area (Å²) in [5, 5.41) is 6.44. The molecule has 3 heterocycles. The van der Waals surface area contributed by atoms with E-state index in [1.54, 1.807) is 51.2 Å². The summed E-state index contributed by atoms with van der Waals surface area (Å²) < 4.78 is 108. The number of H-pyrrole nitrogens is 1. The molecule has 5 aromatic rings. The highest BCUT2D eigenvalue weighted by atomic mass is 35.5. The molecule has 0 atom stereocenters. The number of allylic oxidation sites excluding steroid dienone is 1. The molecule has 7 rings (SSSR count). The number of nitrogens with zero attached hydrogens (tertiary/aromatic N) is 3.